The number of methoxy groups -OCH3 is 1. The second-order valence-electron chi connectivity index (χ2n) is 5.05. The van der Waals surface area contributed by atoms with Gasteiger partial charge in [0.1, 0.15) is 5.75 Å². The molecule has 0 saturated heterocycles. The first-order valence-corrected chi connectivity index (χ1v) is 7.41. The van der Waals surface area contributed by atoms with E-state index in [4.69, 9.17) is 13.9 Å². The van der Waals surface area contributed by atoms with Gasteiger partial charge in [0.25, 0.3) is 5.89 Å². The minimum Gasteiger partial charge on any atom is -0.497 e. The van der Waals surface area contributed by atoms with Crippen LogP contribution in [0.3, 0.4) is 0 Å². The number of aromatic nitrogens is 2. The molecule has 0 N–H and O–H groups in total. The Labute approximate surface area is 139 Å². The first-order valence-electron chi connectivity index (χ1n) is 7.41. The molecule has 122 valence electrons. The van der Waals surface area contributed by atoms with Gasteiger partial charge < -0.3 is 13.9 Å². The maximum absolute atomic E-state index is 11.9. The van der Waals surface area contributed by atoms with Crippen molar-refractivity contribution in [2.45, 2.75) is 13.0 Å². The molecule has 0 unspecified atom stereocenters. The first kappa shape index (κ1) is 15.7. The van der Waals surface area contributed by atoms with E-state index >= 15 is 0 Å². The summed E-state index contributed by atoms with van der Waals surface area (Å²) in [4.78, 5) is 11.9. The van der Waals surface area contributed by atoms with E-state index in [1.165, 1.54) is 0 Å². The molecule has 6 nitrogen and oxygen atoms in total. The SMILES string of the molecule is COc1ccc(CC(=O)OCc2nnc(-c3ccccc3)o2)cc1. The average Bonchev–Trinajstić information content (AvgIpc) is 3.10. The van der Waals surface area contributed by atoms with Gasteiger partial charge >= 0.3 is 5.97 Å². The van der Waals surface area contributed by atoms with Gasteiger partial charge in [-0.2, -0.15) is 0 Å². The lowest BCUT2D eigenvalue weighted by Crippen LogP contribution is -2.08. The number of hydrogen-bond donors (Lipinski definition) is 0. The monoisotopic (exact) mass is 324 g/mol. The number of carbonyl (C=O) groups excluding carboxylic acids is 1. The Bertz CT molecular complexity index is 797. The molecule has 24 heavy (non-hydrogen) atoms. The van der Waals surface area contributed by atoms with Crippen molar-refractivity contribution in [1.29, 1.82) is 0 Å². The molecule has 0 saturated carbocycles. The van der Waals surface area contributed by atoms with E-state index in [-0.39, 0.29) is 24.9 Å². The lowest BCUT2D eigenvalue weighted by Gasteiger charge is -2.04. The quantitative estimate of drug-likeness (QED) is 0.649. The summed E-state index contributed by atoms with van der Waals surface area (Å²) in [6.07, 6.45) is 0.170. The van der Waals surface area contributed by atoms with Crippen molar-refractivity contribution in [1.82, 2.24) is 10.2 Å². The molecule has 3 rings (SSSR count). The Morgan fingerprint density at radius 2 is 1.79 bits per heavy atom. The lowest BCUT2D eigenvalue weighted by atomic mass is 10.1. The van der Waals surface area contributed by atoms with E-state index in [9.17, 15) is 4.79 Å². The van der Waals surface area contributed by atoms with Crippen molar-refractivity contribution < 1.29 is 18.7 Å². The van der Waals surface area contributed by atoms with Crippen molar-refractivity contribution >= 4 is 5.97 Å². The number of nitrogens with zero attached hydrogens (tertiary/aromatic N) is 2. The van der Waals surface area contributed by atoms with Crippen LogP contribution >= 0.6 is 0 Å². The van der Waals surface area contributed by atoms with Crippen molar-refractivity contribution in [2.24, 2.45) is 0 Å². The average molecular weight is 324 g/mol. The van der Waals surface area contributed by atoms with Gasteiger partial charge in [-0.1, -0.05) is 30.3 Å². The van der Waals surface area contributed by atoms with Gasteiger partial charge in [0.2, 0.25) is 5.89 Å². The summed E-state index contributed by atoms with van der Waals surface area (Å²) in [5.41, 5.74) is 1.66. The maximum Gasteiger partial charge on any atom is 0.310 e. The number of ether oxygens (including phenoxy) is 2. The van der Waals surface area contributed by atoms with Crippen LogP contribution in [0.5, 0.6) is 5.75 Å². The normalized spacial score (nSPS) is 10.4. The van der Waals surface area contributed by atoms with E-state index in [0.717, 1.165) is 16.9 Å². The summed E-state index contributed by atoms with van der Waals surface area (Å²) in [6.45, 7) is -0.0468. The van der Waals surface area contributed by atoms with Gasteiger partial charge in [0.15, 0.2) is 6.61 Å². The number of hydrogen-bond acceptors (Lipinski definition) is 6. The van der Waals surface area contributed by atoms with Crippen LogP contribution in [0.15, 0.2) is 59.0 Å². The Morgan fingerprint density at radius 3 is 2.50 bits per heavy atom. The lowest BCUT2D eigenvalue weighted by molar-refractivity contribution is -0.144. The van der Waals surface area contributed by atoms with Crippen molar-refractivity contribution in [3.63, 3.8) is 0 Å². The summed E-state index contributed by atoms with van der Waals surface area (Å²) >= 11 is 0. The Balaban J connectivity index is 1.53. The fourth-order valence-electron chi connectivity index (χ4n) is 2.11. The number of esters is 1. The topological polar surface area (TPSA) is 74.5 Å². The van der Waals surface area contributed by atoms with Crippen LogP contribution in [-0.2, 0) is 22.6 Å². The highest BCUT2D eigenvalue weighted by molar-refractivity contribution is 5.72. The van der Waals surface area contributed by atoms with Crippen LogP contribution in [-0.4, -0.2) is 23.3 Å². The second-order valence-corrected chi connectivity index (χ2v) is 5.05. The van der Waals surface area contributed by atoms with E-state index < -0.39 is 0 Å². The summed E-state index contributed by atoms with van der Waals surface area (Å²) in [5.74, 6) is 1.04. The summed E-state index contributed by atoms with van der Waals surface area (Å²) in [6, 6.07) is 16.6. The largest absolute Gasteiger partial charge is 0.497 e. The maximum atomic E-state index is 11.9. The van der Waals surface area contributed by atoms with Crippen LogP contribution in [0.25, 0.3) is 11.5 Å². The van der Waals surface area contributed by atoms with Crippen molar-refractivity contribution in [2.75, 3.05) is 7.11 Å². The molecule has 0 spiro atoms. The van der Waals surface area contributed by atoms with Gasteiger partial charge in [-0.15, -0.1) is 10.2 Å². The Morgan fingerprint density at radius 1 is 1.04 bits per heavy atom. The number of carbonyl (C=O) groups is 1. The number of rotatable bonds is 6. The fourth-order valence-corrected chi connectivity index (χ4v) is 2.11. The molecule has 0 radical (unpaired) electrons. The molecule has 0 amide bonds. The fraction of sp³-hybridized carbons (Fsp3) is 0.167. The summed E-state index contributed by atoms with van der Waals surface area (Å²) in [5, 5.41) is 7.83. The molecular weight excluding hydrogens is 308 g/mol. The van der Waals surface area contributed by atoms with E-state index in [1.54, 1.807) is 19.2 Å². The van der Waals surface area contributed by atoms with Crippen LogP contribution in [0, 0.1) is 0 Å². The highest BCUT2D eigenvalue weighted by Gasteiger charge is 2.11. The van der Waals surface area contributed by atoms with Crippen LogP contribution in [0.4, 0.5) is 0 Å². The molecule has 0 atom stereocenters. The molecule has 0 aliphatic carbocycles. The predicted molar refractivity (Wildman–Crippen MR) is 86.2 cm³/mol. The second kappa shape index (κ2) is 7.41. The first-order chi connectivity index (χ1) is 11.7. The highest BCUT2D eigenvalue weighted by atomic mass is 16.5. The van der Waals surface area contributed by atoms with Crippen LogP contribution in [0.2, 0.25) is 0 Å². The molecule has 1 aromatic heterocycles. The molecule has 3 aromatic rings. The summed E-state index contributed by atoms with van der Waals surface area (Å²) < 4.78 is 15.7. The van der Waals surface area contributed by atoms with Gasteiger partial charge in [-0.3, -0.25) is 4.79 Å². The zero-order valence-electron chi connectivity index (χ0n) is 13.1. The molecule has 2 aromatic carbocycles. The van der Waals surface area contributed by atoms with Gasteiger partial charge in [0, 0.05) is 5.56 Å². The smallest absolute Gasteiger partial charge is 0.310 e. The Hall–Kier alpha value is -3.15. The third-order valence-corrected chi connectivity index (χ3v) is 3.35. The van der Waals surface area contributed by atoms with Crippen LogP contribution in [0.1, 0.15) is 11.5 Å². The molecular formula is C18H16N2O4. The minimum absolute atomic E-state index is 0.0468. The third-order valence-electron chi connectivity index (χ3n) is 3.35. The molecule has 1 heterocycles. The zero-order chi connectivity index (χ0) is 16.8. The van der Waals surface area contributed by atoms with Crippen LogP contribution < -0.4 is 4.74 Å². The van der Waals surface area contributed by atoms with E-state index in [1.807, 2.05) is 42.5 Å². The zero-order valence-corrected chi connectivity index (χ0v) is 13.1. The van der Waals surface area contributed by atoms with Gasteiger partial charge in [-0.05, 0) is 29.8 Å². The standard InChI is InChI=1S/C18H16N2O4/c1-22-15-9-7-13(8-10-15)11-17(21)23-12-16-19-20-18(24-16)14-5-3-2-4-6-14/h2-10H,11-12H2,1H3. The third kappa shape index (κ3) is 3.98. The number of benzene rings is 2. The van der Waals surface area contributed by atoms with Crippen molar-refractivity contribution in [3.8, 4) is 17.2 Å². The predicted octanol–water partition coefficient (Wildman–Crippen LogP) is 3.03. The molecule has 6 heteroatoms. The Kier molecular flexibility index (Phi) is 4.86. The molecule has 0 bridgehead atoms. The molecule has 0 aliphatic heterocycles. The van der Waals surface area contributed by atoms with Gasteiger partial charge in [-0.25, -0.2) is 0 Å². The van der Waals surface area contributed by atoms with E-state index in [2.05, 4.69) is 10.2 Å². The van der Waals surface area contributed by atoms with E-state index in [0.29, 0.717) is 5.89 Å². The summed E-state index contributed by atoms with van der Waals surface area (Å²) in [7, 11) is 1.59. The highest BCUT2D eigenvalue weighted by Crippen LogP contribution is 2.17. The van der Waals surface area contributed by atoms with Crippen molar-refractivity contribution in [3.05, 3.63) is 66.1 Å². The molecule has 0 fully saturated rings. The molecule has 0 aliphatic rings. The van der Waals surface area contributed by atoms with Gasteiger partial charge in [0.05, 0.1) is 13.5 Å². The minimum atomic E-state index is -0.361.